The number of ether oxygens (including phenoxy) is 1. The molecule has 110 valence electrons. The van der Waals surface area contributed by atoms with E-state index in [0.29, 0.717) is 5.92 Å². The van der Waals surface area contributed by atoms with Gasteiger partial charge in [0.2, 0.25) is 0 Å². The summed E-state index contributed by atoms with van der Waals surface area (Å²) >= 11 is 0. The summed E-state index contributed by atoms with van der Waals surface area (Å²) in [4.78, 5) is 11.9. The minimum atomic E-state index is -0.463. The molecule has 2 N–H and O–H groups in total. The van der Waals surface area contributed by atoms with Gasteiger partial charge in [-0.25, -0.2) is 4.79 Å². The summed E-state index contributed by atoms with van der Waals surface area (Å²) in [5.41, 5.74) is 2.04. The lowest BCUT2D eigenvalue weighted by atomic mass is 9.94. The third kappa shape index (κ3) is 3.97. The molecule has 0 aliphatic carbocycles. The molecule has 0 saturated carbocycles. The molecule has 4 heteroatoms. The lowest BCUT2D eigenvalue weighted by Gasteiger charge is -2.24. The van der Waals surface area contributed by atoms with Crippen LogP contribution in [0.5, 0.6) is 0 Å². The van der Waals surface area contributed by atoms with Crippen molar-refractivity contribution < 1.29 is 9.53 Å². The van der Waals surface area contributed by atoms with Crippen molar-refractivity contribution in [3.05, 3.63) is 35.4 Å². The van der Waals surface area contributed by atoms with Gasteiger partial charge in [-0.1, -0.05) is 29.8 Å². The molecule has 1 fully saturated rings. The Balaban J connectivity index is 2.00. The first-order valence-corrected chi connectivity index (χ1v) is 7.12. The van der Waals surface area contributed by atoms with Gasteiger partial charge in [0.25, 0.3) is 0 Å². The Labute approximate surface area is 120 Å². The zero-order chi connectivity index (χ0) is 14.8. The van der Waals surface area contributed by atoms with Gasteiger partial charge >= 0.3 is 6.09 Å². The summed E-state index contributed by atoms with van der Waals surface area (Å²) < 4.78 is 5.33. The van der Waals surface area contributed by atoms with Crippen molar-refractivity contribution in [2.75, 3.05) is 13.1 Å². The summed E-state index contributed by atoms with van der Waals surface area (Å²) in [5, 5.41) is 6.31. The largest absolute Gasteiger partial charge is 0.444 e. The molecular formula is C16H24N2O2. The highest BCUT2D eigenvalue weighted by Crippen LogP contribution is 2.23. The van der Waals surface area contributed by atoms with Gasteiger partial charge in [0, 0.05) is 19.0 Å². The first-order valence-electron chi connectivity index (χ1n) is 7.12. The average Bonchev–Trinajstić information content (AvgIpc) is 2.75. The number of hydrogen-bond acceptors (Lipinski definition) is 3. The molecule has 2 atom stereocenters. The third-order valence-corrected chi connectivity index (χ3v) is 3.42. The van der Waals surface area contributed by atoms with Gasteiger partial charge in [-0.3, -0.25) is 0 Å². The molecule has 2 rings (SSSR count). The molecule has 1 saturated heterocycles. The molecule has 1 aromatic carbocycles. The van der Waals surface area contributed by atoms with Gasteiger partial charge in [0.1, 0.15) is 5.60 Å². The number of amides is 1. The SMILES string of the molecule is Cc1ccc([C@H]2CNC[C@@H]2NC(=O)OC(C)(C)C)cc1. The second kappa shape index (κ2) is 5.83. The topological polar surface area (TPSA) is 50.4 Å². The fourth-order valence-corrected chi connectivity index (χ4v) is 2.45. The lowest BCUT2D eigenvalue weighted by molar-refractivity contribution is 0.0504. The van der Waals surface area contributed by atoms with Gasteiger partial charge in [-0.15, -0.1) is 0 Å². The molecule has 0 spiro atoms. The van der Waals surface area contributed by atoms with E-state index in [9.17, 15) is 4.79 Å². The van der Waals surface area contributed by atoms with E-state index in [4.69, 9.17) is 4.74 Å². The van der Waals surface area contributed by atoms with Crippen LogP contribution in [0.3, 0.4) is 0 Å². The molecule has 0 bridgehead atoms. The number of alkyl carbamates (subject to hydrolysis) is 1. The van der Waals surface area contributed by atoms with E-state index in [1.165, 1.54) is 11.1 Å². The van der Waals surface area contributed by atoms with Gasteiger partial charge in [-0.05, 0) is 33.3 Å². The van der Waals surface area contributed by atoms with Crippen LogP contribution in [0.15, 0.2) is 24.3 Å². The number of rotatable bonds is 2. The average molecular weight is 276 g/mol. The summed E-state index contributed by atoms with van der Waals surface area (Å²) in [5.74, 6) is 0.295. The Morgan fingerprint density at radius 2 is 1.90 bits per heavy atom. The maximum atomic E-state index is 11.9. The molecule has 4 nitrogen and oxygen atoms in total. The molecule has 1 amide bonds. The molecule has 0 unspecified atom stereocenters. The van der Waals surface area contributed by atoms with E-state index in [-0.39, 0.29) is 12.1 Å². The Morgan fingerprint density at radius 1 is 1.25 bits per heavy atom. The highest BCUT2D eigenvalue weighted by atomic mass is 16.6. The molecule has 0 radical (unpaired) electrons. The van der Waals surface area contributed by atoms with Crippen molar-refractivity contribution in [1.29, 1.82) is 0 Å². The van der Waals surface area contributed by atoms with Gasteiger partial charge in [0.05, 0.1) is 6.04 Å². The van der Waals surface area contributed by atoms with Crippen LogP contribution in [0.25, 0.3) is 0 Å². The maximum Gasteiger partial charge on any atom is 0.407 e. The van der Waals surface area contributed by atoms with Gasteiger partial charge in [0.15, 0.2) is 0 Å². The minimum Gasteiger partial charge on any atom is -0.444 e. The van der Waals surface area contributed by atoms with Crippen molar-refractivity contribution in [1.82, 2.24) is 10.6 Å². The predicted octanol–water partition coefficient (Wildman–Crippen LogP) is 2.58. The monoisotopic (exact) mass is 276 g/mol. The molecule has 1 aliphatic rings. The number of nitrogens with one attached hydrogen (secondary N) is 2. The molecule has 0 aromatic heterocycles. The second-order valence-electron chi connectivity index (χ2n) is 6.43. The normalized spacial score (nSPS) is 22.6. The van der Waals surface area contributed by atoms with Gasteiger partial charge < -0.3 is 15.4 Å². The van der Waals surface area contributed by atoms with Crippen LogP contribution in [0.4, 0.5) is 4.79 Å². The van der Waals surface area contributed by atoms with Crippen molar-refractivity contribution in [2.45, 2.75) is 45.3 Å². The van der Waals surface area contributed by atoms with Crippen molar-refractivity contribution >= 4 is 6.09 Å². The van der Waals surface area contributed by atoms with Crippen LogP contribution >= 0.6 is 0 Å². The zero-order valence-electron chi connectivity index (χ0n) is 12.7. The smallest absolute Gasteiger partial charge is 0.407 e. The second-order valence-corrected chi connectivity index (χ2v) is 6.43. The Bertz CT molecular complexity index is 462. The van der Waals surface area contributed by atoms with E-state index in [2.05, 4.69) is 41.8 Å². The summed E-state index contributed by atoms with van der Waals surface area (Å²) in [6, 6.07) is 8.57. The van der Waals surface area contributed by atoms with Crippen LogP contribution in [-0.4, -0.2) is 30.8 Å². The van der Waals surface area contributed by atoms with Crippen molar-refractivity contribution in [2.24, 2.45) is 0 Å². The van der Waals surface area contributed by atoms with E-state index >= 15 is 0 Å². The van der Waals surface area contributed by atoms with Crippen LogP contribution in [0, 0.1) is 6.92 Å². The van der Waals surface area contributed by atoms with E-state index in [1.807, 2.05) is 20.8 Å². The minimum absolute atomic E-state index is 0.0764. The van der Waals surface area contributed by atoms with Crippen LogP contribution in [-0.2, 0) is 4.74 Å². The quantitative estimate of drug-likeness (QED) is 0.873. The number of hydrogen-bond donors (Lipinski definition) is 2. The van der Waals surface area contributed by atoms with Crippen molar-refractivity contribution in [3.63, 3.8) is 0 Å². The first-order chi connectivity index (χ1) is 9.35. The van der Waals surface area contributed by atoms with Crippen LogP contribution < -0.4 is 10.6 Å². The van der Waals surface area contributed by atoms with Crippen molar-refractivity contribution in [3.8, 4) is 0 Å². The maximum absolute atomic E-state index is 11.9. The number of carbonyl (C=O) groups is 1. The van der Waals surface area contributed by atoms with E-state index < -0.39 is 5.60 Å². The molecule has 20 heavy (non-hydrogen) atoms. The summed E-state index contributed by atoms with van der Waals surface area (Å²) in [6.07, 6.45) is -0.344. The first kappa shape index (κ1) is 14.9. The molecule has 1 aliphatic heterocycles. The molecule has 1 heterocycles. The Hall–Kier alpha value is -1.55. The Morgan fingerprint density at radius 3 is 2.50 bits per heavy atom. The third-order valence-electron chi connectivity index (χ3n) is 3.42. The number of carbonyl (C=O) groups excluding carboxylic acids is 1. The fourth-order valence-electron chi connectivity index (χ4n) is 2.45. The highest BCUT2D eigenvalue weighted by Gasteiger charge is 2.30. The molecule has 1 aromatic rings. The lowest BCUT2D eigenvalue weighted by Crippen LogP contribution is -2.42. The van der Waals surface area contributed by atoms with E-state index in [0.717, 1.165) is 13.1 Å². The fraction of sp³-hybridized carbons (Fsp3) is 0.562. The number of aryl methyl sites for hydroxylation is 1. The highest BCUT2D eigenvalue weighted by molar-refractivity contribution is 5.68. The Kier molecular flexibility index (Phi) is 4.33. The molecular weight excluding hydrogens is 252 g/mol. The standard InChI is InChI=1S/C16H24N2O2/c1-11-5-7-12(8-6-11)13-9-17-10-14(13)18-15(19)20-16(2,3)4/h5-8,13-14,17H,9-10H2,1-4H3,(H,18,19)/t13-,14+/m1/s1. The van der Waals surface area contributed by atoms with Crippen LogP contribution in [0.1, 0.15) is 37.8 Å². The van der Waals surface area contributed by atoms with E-state index in [1.54, 1.807) is 0 Å². The summed E-state index contributed by atoms with van der Waals surface area (Å²) in [6.45, 7) is 9.35. The van der Waals surface area contributed by atoms with Crippen LogP contribution in [0.2, 0.25) is 0 Å². The number of benzene rings is 1. The van der Waals surface area contributed by atoms with Gasteiger partial charge in [-0.2, -0.15) is 0 Å². The predicted molar refractivity (Wildman–Crippen MR) is 79.9 cm³/mol. The summed E-state index contributed by atoms with van der Waals surface area (Å²) in [7, 11) is 0. The zero-order valence-corrected chi connectivity index (χ0v) is 12.7.